The molecule has 0 aliphatic carbocycles. The lowest BCUT2D eigenvalue weighted by Gasteiger charge is -2.40. The van der Waals surface area contributed by atoms with E-state index < -0.39 is 0 Å². The minimum absolute atomic E-state index is 0.0392. The molecule has 0 aromatic carbocycles. The molecule has 3 unspecified atom stereocenters. The summed E-state index contributed by atoms with van der Waals surface area (Å²) in [6.07, 6.45) is 1.24. The van der Waals surface area contributed by atoms with E-state index in [1.807, 2.05) is 0 Å². The van der Waals surface area contributed by atoms with Crippen LogP contribution in [-0.4, -0.2) is 55.0 Å². The quantitative estimate of drug-likeness (QED) is 0.719. The van der Waals surface area contributed by atoms with Gasteiger partial charge in [-0.25, -0.2) is 0 Å². The first-order valence-corrected chi connectivity index (χ1v) is 6.21. The fourth-order valence-electron chi connectivity index (χ4n) is 2.23. The molecular weight excluding hydrogens is 204 g/mol. The van der Waals surface area contributed by atoms with Crippen molar-refractivity contribution in [1.82, 2.24) is 4.90 Å². The second kappa shape index (κ2) is 5.96. The van der Waals surface area contributed by atoms with E-state index in [1.54, 1.807) is 0 Å². The topological polar surface area (TPSA) is 58.7 Å². The van der Waals surface area contributed by atoms with Gasteiger partial charge in [0.1, 0.15) is 0 Å². The normalized spacial score (nSPS) is 31.3. The number of ether oxygens (including phenoxy) is 1. The number of aliphatic hydroxyl groups excluding tert-OH is 1. The van der Waals surface area contributed by atoms with Crippen molar-refractivity contribution in [3.63, 3.8) is 0 Å². The van der Waals surface area contributed by atoms with E-state index in [-0.39, 0.29) is 24.2 Å². The van der Waals surface area contributed by atoms with Crippen LogP contribution in [0.2, 0.25) is 0 Å². The number of hydrogen-bond donors (Lipinski definition) is 2. The number of nitrogens with two attached hydrogens (primary N) is 1. The third-order valence-electron chi connectivity index (χ3n) is 3.56. The van der Waals surface area contributed by atoms with Gasteiger partial charge < -0.3 is 15.6 Å². The monoisotopic (exact) mass is 230 g/mol. The Kier molecular flexibility index (Phi) is 5.18. The maximum Gasteiger partial charge on any atom is 0.0936 e. The molecule has 1 fully saturated rings. The average Bonchev–Trinajstić information content (AvgIpc) is 2.28. The van der Waals surface area contributed by atoms with Crippen LogP contribution in [0.5, 0.6) is 0 Å². The molecule has 1 aliphatic rings. The van der Waals surface area contributed by atoms with Crippen molar-refractivity contribution in [3.05, 3.63) is 0 Å². The highest BCUT2D eigenvalue weighted by Gasteiger charge is 2.30. The first-order chi connectivity index (χ1) is 7.53. The lowest BCUT2D eigenvalue weighted by atomic mass is 9.87. The van der Waals surface area contributed by atoms with Crippen LogP contribution in [0.25, 0.3) is 0 Å². The minimum atomic E-state index is -0.0392. The molecule has 1 aliphatic heterocycles. The van der Waals surface area contributed by atoms with Crippen molar-refractivity contribution in [2.75, 3.05) is 32.8 Å². The first-order valence-electron chi connectivity index (χ1n) is 6.21. The van der Waals surface area contributed by atoms with Crippen molar-refractivity contribution in [1.29, 1.82) is 0 Å². The Bertz CT molecular complexity index is 207. The summed E-state index contributed by atoms with van der Waals surface area (Å²) in [5.41, 5.74) is 6.01. The zero-order chi connectivity index (χ0) is 12.2. The number of hydrogen-bond acceptors (Lipinski definition) is 4. The number of nitrogens with zero attached hydrogens (tertiary/aromatic N) is 1. The minimum Gasteiger partial charge on any atom is -0.394 e. The lowest BCUT2D eigenvalue weighted by Crippen LogP contribution is -2.52. The molecule has 0 saturated carbocycles. The van der Waals surface area contributed by atoms with Crippen LogP contribution in [0, 0.1) is 5.41 Å². The summed E-state index contributed by atoms with van der Waals surface area (Å²) in [5.74, 6) is 0. The maximum atomic E-state index is 9.16. The zero-order valence-electron chi connectivity index (χ0n) is 10.8. The number of aliphatic hydroxyl groups is 1. The van der Waals surface area contributed by atoms with E-state index in [0.717, 1.165) is 26.1 Å². The highest BCUT2D eigenvalue weighted by Crippen LogP contribution is 2.23. The predicted molar refractivity (Wildman–Crippen MR) is 65.3 cm³/mol. The van der Waals surface area contributed by atoms with E-state index in [9.17, 15) is 0 Å². The van der Waals surface area contributed by atoms with Gasteiger partial charge in [0.2, 0.25) is 0 Å². The van der Waals surface area contributed by atoms with E-state index in [4.69, 9.17) is 15.6 Å². The summed E-state index contributed by atoms with van der Waals surface area (Å²) >= 11 is 0. The molecule has 96 valence electrons. The average molecular weight is 230 g/mol. The highest BCUT2D eigenvalue weighted by atomic mass is 16.5. The Morgan fingerprint density at radius 1 is 1.50 bits per heavy atom. The fourth-order valence-corrected chi connectivity index (χ4v) is 2.23. The van der Waals surface area contributed by atoms with Gasteiger partial charge >= 0.3 is 0 Å². The van der Waals surface area contributed by atoms with Gasteiger partial charge in [0.15, 0.2) is 0 Å². The van der Waals surface area contributed by atoms with Gasteiger partial charge in [0, 0.05) is 19.6 Å². The summed E-state index contributed by atoms with van der Waals surface area (Å²) in [5, 5.41) is 9.16. The van der Waals surface area contributed by atoms with Crippen molar-refractivity contribution in [3.8, 4) is 0 Å². The molecule has 0 bridgehead atoms. The van der Waals surface area contributed by atoms with Gasteiger partial charge in [-0.3, -0.25) is 4.90 Å². The van der Waals surface area contributed by atoms with Crippen molar-refractivity contribution in [2.24, 2.45) is 11.1 Å². The largest absolute Gasteiger partial charge is 0.394 e. The zero-order valence-corrected chi connectivity index (χ0v) is 10.8. The van der Waals surface area contributed by atoms with Crippen LogP contribution < -0.4 is 5.73 Å². The SMILES string of the molecule is CCC(C)(CN)CN1CC(C)OC(CO)C1. The Morgan fingerprint density at radius 2 is 2.19 bits per heavy atom. The first kappa shape index (κ1) is 13.9. The fraction of sp³-hybridized carbons (Fsp3) is 1.00. The number of morpholine rings is 1. The third-order valence-corrected chi connectivity index (χ3v) is 3.56. The van der Waals surface area contributed by atoms with Crippen LogP contribution in [0.1, 0.15) is 27.2 Å². The van der Waals surface area contributed by atoms with E-state index in [1.165, 1.54) is 0 Å². The Hall–Kier alpha value is -0.160. The van der Waals surface area contributed by atoms with E-state index in [0.29, 0.717) is 6.54 Å². The van der Waals surface area contributed by atoms with Crippen molar-refractivity contribution >= 4 is 0 Å². The van der Waals surface area contributed by atoms with Gasteiger partial charge in [-0.2, -0.15) is 0 Å². The van der Waals surface area contributed by atoms with Gasteiger partial charge in [-0.1, -0.05) is 13.8 Å². The second-order valence-electron chi connectivity index (χ2n) is 5.31. The summed E-state index contributed by atoms with van der Waals surface area (Å²) in [6.45, 7) is 10.0. The van der Waals surface area contributed by atoms with Gasteiger partial charge in [-0.05, 0) is 25.3 Å². The van der Waals surface area contributed by atoms with Crippen LogP contribution in [0.3, 0.4) is 0 Å². The molecule has 3 N–H and O–H groups in total. The highest BCUT2D eigenvalue weighted by molar-refractivity contribution is 4.83. The van der Waals surface area contributed by atoms with Gasteiger partial charge in [-0.15, -0.1) is 0 Å². The molecule has 4 heteroatoms. The van der Waals surface area contributed by atoms with Crippen LogP contribution in [-0.2, 0) is 4.74 Å². The van der Waals surface area contributed by atoms with Crippen LogP contribution in [0.15, 0.2) is 0 Å². The molecule has 0 aromatic rings. The number of rotatable bonds is 5. The van der Waals surface area contributed by atoms with Crippen molar-refractivity contribution in [2.45, 2.75) is 39.4 Å². The Balaban J connectivity index is 2.52. The summed E-state index contributed by atoms with van der Waals surface area (Å²) < 4.78 is 5.62. The molecular formula is C12H26N2O2. The molecule has 0 aromatic heterocycles. The predicted octanol–water partition coefficient (Wildman–Crippen LogP) is 0.443. The van der Waals surface area contributed by atoms with E-state index in [2.05, 4.69) is 25.7 Å². The molecule has 0 spiro atoms. The molecule has 3 atom stereocenters. The molecule has 0 radical (unpaired) electrons. The molecule has 0 amide bonds. The van der Waals surface area contributed by atoms with E-state index >= 15 is 0 Å². The van der Waals surface area contributed by atoms with Gasteiger partial charge in [0.05, 0.1) is 18.8 Å². The molecule has 1 saturated heterocycles. The van der Waals surface area contributed by atoms with Gasteiger partial charge in [0.25, 0.3) is 0 Å². The molecule has 16 heavy (non-hydrogen) atoms. The smallest absolute Gasteiger partial charge is 0.0936 e. The summed E-state index contributed by atoms with van der Waals surface area (Å²) in [7, 11) is 0. The Morgan fingerprint density at radius 3 is 2.69 bits per heavy atom. The third kappa shape index (κ3) is 3.70. The maximum absolute atomic E-state index is 9.16. The standard InChI is InChI=1S/C12H26N2O2/c1-4-12(3,8-13)9-14-5-10(2)16-11(6-14)7-15/h10-11,15H,4-9,13H2,1-3H3. The Labute approximate surface area is 98.8 Å². The lowest BCUT2D eigenvalue weighted by molar-refractivity contribution is -0.102. The van der Waals surface area contributed by atoms with Crippen LogP contribution >= 0.6 is 0 Å². The molecule has 4 nitrogen and oxygen atoms in total. The second-order valence-corrected chi connectivity index (χ2v) is 5.31. The molecule has 1 rings (SSSR count). The van der Waals surface area contributed by atoms with Crippen LogP contribution in [0.4, 0.5) is 0 Å². The summed E-state index contributed by atoms with van der Waals surface area (Å²) in [6, 6.07) is 0. The molecule has 1 heterocycles. The van der Waals surface area contributed by atoms with Crippen molar-refractivity contribution < 1.29 is 9.84 Å². The summed E-state index contributed by atoms with van der Waals surface area (Å²) in [4.78, 5) is 2.37.